The molecule has 0 heterocycles. The second-order valence-corrected chi connectivity index (χ2v) is 7.82. The quantitative estimate of drug-likeness (QED) is 0.529. The van der Waals surface area contributed by atoms with Crippen molar-refractivity contribution in [3.05, 3.63) is 55.4 Å². The molecule has 1 atom stereocenters. The fourth-order valence-corrected chi connectivity index (χ4v) is 3.39. The summed E-state index contributed by atoms with van der Waals surface area (Å²) in [5.74, 6) is -0.169. The number of hydrogen-bond donors (Lipinski definition) is 2. The molecule has 0 saturated carbocycles. The minimum absolute atomic E-state index is 0.293. The van der Waals surface area contributed by atoms with Crippen LogP contribution in [0.3, 0.4) is 0 Å². The molecule has 0 aliphatic heterocycles. The van der Waals surface area contributed by atoms with Gasteiger partial charge in [-0.1, -0.05) is 23.2 Å². The summed E-state index contributed by atoms with van der Waals surface area (Å²) in [5.41, 5.74) is 4.53. The van der Waals surface area contributed by atoms with E-state index in [2.05, 4.69) is 42.7 Å². The van der Waals surface area contributed by atoms with Gasteiger partial charge in [-0.3, -0.25) is 20.4 Å². The number of nitrogens with one attached hydrogen (secondary N) is 2. The zero-order chi connectivity index (χ0) is 20.0. The van der Waals surface area contributed by atoms with E-state index in [9.17, 15) is 9.59 Å². The molecule has 0 bridgehead atoms. The minimum Gasteiger partial charge on any atom is -0.483 e. The molecule has 144 valence electrons. The maximum absolute atomic E-state index is 12.0. The van der Waals surface area contributed by atoms with Gasteiger partial charge in [0.25, 0.3) is 11.8 Å². The summed E-state index contributed by atoms with van der Waals surface area (Å²) in [6.45, 7) is 1.25. The number of carbonyl (C=O) groups excluding carboxylic acids is 2. The molecule has 0 saturated heterocycles. The van der Waals surface area contributed by atoms with Crippen molar-refractivity contribution in [2.24, 2.45) is 0 Å². The van der Waals surface area contributed by atoms with Crippen molar-refractivity contribution >= 4 is 66.9 Å². The van der Waals surface area contributed by atoms with Crippen LogP contribution in [0.4, 0.5) is 0 Å². The van der Waals surface area contributed by atoms with Gasteiger partial charge in [0.1, 0.15) is 11.5 Å². The Kier molecular flexibility index (Phi) is 8.22. The molecule has 2 aromatic rings. The Hall–Kier alpha value is -1.48. The first kappa shape index (κ1) is 21.8. The molecule has 0 radical (unpaired) electrons. The van der Waals surface area contributed by atoms with Crippen LogP contribution in [0, 0.1) is 0 Å². The number of carbonyl (C=O) groups is 2. The Bertz CT molecular complexity index is 852. The SMILES string of the molecule is CC(Oc1ccc(Cl)cc1Br)C(=O)NNC(=O)COc1ccc(Cl)cc1Br. The first-order valence-corrected chi connectivity index (χ1v) is 9.88. The normalized spacial score (nSPS) is 11.4. The third-order valence-electron chi connectivity index (χ3n) is 3.14. The molecule has 0 aliphatic rings. The van der Waals surface area contributed by atoms with Crippen molar-refractivity contribution < 1.29 is 19.1 Å². The monoisotopic (exact) mass is 538 g/mol. The number of hydrazine groups is 1. The van der Waals surface area contributed by atoms with Crippen molar-refractivity contribution in [2.45, 2.75) is 13.0 Å². The Morgan fingerprint density at radius 2 is 1.56 bits per heavy atom. The van der Waals surface area contributed by atoms with Gasteiger partial charge < -0.3 is 9.47 Å². The van der Waals surface area contributed by atoms with Gasteiger partial charge in [0.15, 0.2) is 12.7 Å². The summed E-state index contributed by atoms with van der Waals surface area (Å²) in [4.78, 5) is 23.9. The standard InChI is InChI=1S/C17H14Br2Cl2N2O4/c1-9(27-15-5-3-11(21)7-13(15)19)17(25)23-22-16(24)8-26-14-4-2-10(20)6-12(14)18/h2-7,9H,8H2,1H3,(H,22,24)(H,23,25). The molecule has 2 N–H and O–H groups in total. The number of hydrogen-bond acceptors (Lipinski definition) is 4. The maximum atomic E-state index is 12.0. The lowest BCUT2D eigenvalue weighted by Gasteiger charge is -2.16. The van der Waals surface area contributed by atoms with Crippen LogP contribution in [0.25, 0.3) is 0 Å². The van der Waals surface area contributed by atoms with Gasteiger partial charge in [-0.2, -0.15) is 0 Å². The summed E-state index contributed by atoms with van der Waals surface area (Å²) < 4.78 is 12.1. The molecule has 0 fully saturated rings. The lowest BCUT2D eigenvalue weighted by molar-refractivity contribution is -0.133. The van der Waals surface area contributed by atoms with E-state index in [1.54, 1.807) is 43.3 Å². The molecular formula is C17H14Br2Cl2N2O4. The molecule has 0 aromatic heterocycles. The molecule has 2 aromatic carbocycles. The lowest BCUT2D eigenvalue weighted by atomic mass is 10.3. The van der Waals surface area contributed by atoms with E-state index < -0.39 is 17.9 Å². The molecule has 0 aliphatic carbocycles. The average Bonchev–Trinajstić information content (AvgIpc) is 2.61. The fraction of sp³-hybridized carbons (Fsp3) is 0.176. The first-order chi connectivity index (χ1) is 12.8. The first-order valence-electron chi connectivity index (χ1n) is 7.54. The van der Waals surface area contributed by atoms with E-state index in [-0.39, 0.29) is 6.61 Å². The van der Waals surface area contributed by atoms with Crippen molar-refractivity contribution in [1.82, 2.24) is 10.9 Å². The smallest absolute Gasteiger partial charge is 0.279 e. The van der Waals surface area contributed by atoms with Crippen LogP contribution in [0.5, 0.6) is 11.5 Å². The van der Waals surface area contributed by atoms with E-state index >= 15 is 0 Å². The highest BCUT2D eigenvalue weighted by Crippen LogP contribution is 2.29. The number of amides is 2. The molecule has 2 rings (SSSR count). The molecular weight excluding hydrogens is 527 g/mol. The number of benzene rings is 2. The Morgan fingerprint density at radius 3 is 2.11 bits per heavy atom. The molecule has 6 nitrogen and oxygen atoms in total. The van der Waals surface area contributed by atoms with E-state index in [0.717, 1.165) is 0 Å². The van der Waals surface area contributed by atoms with Gasteiger partial charge in [-0.05, 0) is 75.2 Å². The van der Waals surface area contributed by atoms with Crippen molar-refractivity contribution in [1.29, 1.82) is 0 Å². The summed E-state index contributed by atoms with van der Waals surface area (Å²) in [7, 11) is 0. The minimum atomic E-state index is -0.853. The molecule has 27 heavy (non-hydrogen) atoms. The molecule has 2 amide bonds. The lowest BCUT2D eigenvalue weighted by Crippen LogP contribution is -2.48. The second kappa shape index (κ2) is 10.2. The van der Waals surface area contributed by atoms with Crippen molar-refractivity contribution in [3.8, 4) is 11.5 Å². The van der Waals surface area contributed by atoms with Crippen LogP contribution in [0.1, 0.15) is 6.92 Å². The summed E-state index contributed by atoms with van der Waals surface area (Å²) in [5, 5.41) is 1.07. The third kappa shape index (κ3) is 6.88. The topological polar surface area (TPSA) is 76.7 Å². The van der Waals surface area contributed by atoms with Crippen LogP contribution in [0.15, 0.2) is 45.3 Å². The number of rotatable bonds is 6. The Morgan fingerprint density at radius 1 is 1.00 bits per heavy atom. The van der Waals surface area contributed by atoms with E-state index in [0.29, 0.717) is 30.5 Å². The summed E-state index contributed by atoms with van der Waals surface area (Å²) in [6, 6.07) is 9.82. The van der Waals surface area contributed by atoms with E-state index in [1.165, 1.54) is 0 Å². The number of ether oxygens (including phenoxy) is 2. The highest BCUT2D eigenvalue weighted by Gasteiger charge is 2.17. The van der Waals surface area contributed by atoms with Crippen LogP contribution < -0.4 is 20.3 Å². The highest BCUT2D eigenvalue weighted by atomic mass is 79.9. The Labute approximate surface area is 182 Å². The van der Waals surface area contributed by atoms with Crippen molar-refractivity contribution in [3.63, 3.8) is 0 Å². The second-order valence-electron chi connectivity index (χ2n) is 5.24. The van der Waals surface area contributed by atoms with Crippen LogP contribution >= 0.6 is 55.1 Å². The van der Waals surface area contributed by atoms with Gasteiger partial charge >= 0.3 is 0 Å². The van der Waals surface area contributed by atoms with Gasteiger partial charge in [-0.15, -0.1) is 0 Å². The van der Waals surface area contributed by atoms with Crippen LogP contribution in [-0.4, -0.2) is 24.5 Å². The molecule has 0 spiro atoms. The number of halogens is 4. The third-order valence-corrected chi connectivity index (χ3v) is 4.85. The van der Waals surface area contributed by atoms with E-state index in [1.807, 2.05) is 0 Å². The Balaban J connectivity index is 1.79. The summed E-state index contributed by atoms with van der Waals surface area (Å²) in [6.07, 6.45) is -0.853. The van der Waals surface area contributed by atoms with E-state index in [4.69, 9.17) is 32.7 Å². The zero-order valence-corrected chi connectivity index (χ0v) is 18.6. The summed E-state index contributed by atoms with van der Waals surface area (Å²) >= 11 is 18.3. The van der Waals surface area contributed by atoms with Crippen LogP contribution in [-0.2, 0) is 9.59 Å². The molecule has 10 heteroatoms. The van der Waals surface area contributed by atoms with Crippen molar-refractivity contribution in [2.75, 3.05) is 6.61 Å². The molecule has 1 unspecified atom stereocenters. The van der Waals surface area contributed by atoms with Gasteiger partial charge in [0, 0.05) is 10.0 Å². The van der Waals surface area contributed by atoms with Gasteiger partial charge in [-0.25, -0.2) is 0 Å². The predicted molar refractivity (Wildman–Crippen MR) is 110 cm³/mol. The highest BCUT2D eigenvalue weighted by molar-refractivity contribution is 9.10. The zero-order valence-electron chi connectivity index (χ0n) is 13.9. The average molecular weight is 541 g/mol. The maximum Gasteiger partial charge on any atom is 0.279 e. The largest absolute Gasteiger partial charge is 0.483 e. The predicted octanol–water partition coefficient (Wildman–Crippen LogP) is 4.51. The van der Waals surface area contributed by atoms with Gasteiger partial charge in [0.05, 0.1) is 8.95 Å². The van der Waals surface area contributed by atoms with Gasteiger partial charge in [0.2, 0.25) is 0 Å². The van der Waals surface area contributed by atoms with Crippen LogP contribution in [0.2, 0.25) is 10.0 Å². The fourth-order valence-electron chi connectivity index (χ4n) is 1.82.